The van der Waals surface area contributed by atoms with Gasteiger partial charge in [-0.05, 0) is 24.0 Å². The molecule has 0 aliphatic rings. The zero-order valence-electron chi connectivity index (χ0n) is 11.8. The third-order valence-electron chi connectivity index (χ3n) is 3.50. The fraction of sp³-hybridized carbons (Fsp3) is 0.500. The predicted molar refractivity (Wildman–Crippen MR) is 77.9 cm³/mol. The third kappa shape index (κ3) is 1.99. The molecule has 0 spiro atoms. The molecule has 1 heteroatoms. The molecule has 17 heavy (non-hydrogen) atoms. The van der Waals surface area contributed by atoms with Gasteiger partial charge in [0.1, 0.15) is 0 Å². The van der Waals surface area contributed by atoms with Crippen molar-refractivity contribution in [3.8, 4) is 0 Å². The van der Waals surface area contributed by atoms with Crippen molar-refractivity contribution in [1.29, 1.82) is 0 Å². The lowest BCUT2D eigenvalue weighted by atomic mass is 9.89. The van der Waals surface area contributed by atoms with E-state index in [9.17, 15) is 0 Å². The monoisotopic (exact) mass is 231 g/mol. The van der Waals surface area contributed by atoms with Gasteiger partial charge in [0, 0.05) is 23.4 Å². The van der Waals surface area contributed by atoms with Crippen LogP contribution in [0.25, 0.3) is 10.9 Å². The van der Waals surface area contributed by atoms with Gasteiger partial charge in [-0.3, -0.25) is 0 Å². The Bertz CT molecular complexity index is 544. The minimum absolute atomic E-state index is 0. The Kier molecular flexibility index (Phi) is 2.81. The highest BCUT2D eigenvalue weighted by Crippen LogP contribution is 2.33. The smallest absolute Gasteiger partial charge is 0.0494 e. The first-order chi connectivity index (χ1) is 7.82. The third-order valence-corrected chi connectivity index (χ3v) is 3.50. The first-order valence-corrected chi connectivity index (χ1v) is 6.44. The molecule has 0 saturated heterocycles. The fourth-order valence-corrected chi connectivity index (χ4v) is 2.61. The van der Waals surface area contributed by atoms with E-state index in [-0.39, 0.29) is 6.84 Å². The normalized spacial score (nSPS) is 12.6. The Balaban J connectivity index is 0.00000162. The van der Waals surface area contributed by atoms with Crippen LogP contribution in [0.4, 0.5) is 0 Å². The van der Waals surface area contributed by atoms with E-state index in [4.69, 9.17) is 0 Å². The van der Waals surface area contributed by atoms with E-state index in [0.29, 0.717) is 5.92 Å². The summed E-state index contributed by atoms with van der Waals surface area (Å²) in [4.78, 5) is 3.65. The maximum Gasteiger partial charge on any atom is 0.0494 e. The molecule has 94 valence electrons. The molecule has 0 bridgehead atoms. The Hall–Kier alpha value is -1.24. The number of aromatic amines is 1. The molecule has 1 heterocycles. The van der Waals surface area contributed by atoms with Gasteiger partial charge < -0.3 is 4.98 Å². The highest BCUT2D eigenvalue weighted by molar-refractivity contribution is 5.87. The molecule has 0 unspecified atom stereocenters. The van der Waals surface area contributed by atoms with Crippen molar-refractivity contribution < 1.29 is 1.43 Å². The van der Waals surface area contributed by atoms with Gasteiger partial charge in [-0.15, -0.1) is 0 Å². The van der Waals surface area contributed by atoms with Crippen LogP contribution < -0.4 is 0 Å². The zero-order chi connectivity index (χ0) is 12.8. The van der Waals surface area contributed by atoms with Crippen molar-refractivity contribution in [3.05, 3.63) is 35.0 Å². The fourth-order valence-electron chi connectivity index (χ4n) is 2.61. The Labute approximate surface area is 106 Å². The van der Waals surface area contributed by atoms with Gasteiger partial charge in [-0.2, -0.15) is 0 Å². The van der Waals surface area contributed by atoms with Crippen molar-refractivity contribution in [1.82, 2.24) is 4.98 Å². The molecule has 0 atom stereocenters. The molecule has 2 rings (SSSR count). The minimum atomic E-state index is 0. The average molecular weight is 231 g/mol. The Morgan fingerprint density at radius 2 is 1.82 bits per heavy atom. The molecule has 1 nitrogen and oxygen atoms in total. The second-order valence-corrected chi connectivity index (χ2v) is 6.30. The van der Waals surface area contributed by atoms with Gasteiger partial charge >= 0.3 is 0 Å². The maximum absolute atomic E-state index is 3.65. The molecule has 0 aliphatic carbocycles. The molecule has 0 radical (unpaired) electrons. The molecule has 1 N–H and O–H groups in total. The van der Waals surface area contributed by atoms with Crippen LogP contribution >= 0.6 is 0 Å². The molecule has 0 fully saturated rings. The molecular formula is C16H25N. The van der Waals surface area contributed by atoms with Crippen LogP contribution in [0.3, 0.4) is 0 Å². The molecule has 0 aliphatic heterocycles. The van der Waals surface area contributed by atoms with Crippen molar-refractivity contribution in [2.24, 2.45) is 0 Å². The molecule has 2 aromatic rings. The number of nitrogens with one attached hydrogen (secondary N) is 1. The Morgan fingerprint density at radius 3 is 2.35 bits per heavy atom. The molecular weight excluding hydrogens is 206 g/mol. The summed E-state index contributed by atoms with van der Waals surface area (Å²) in [6.45, 7) is 13.5. The molecule has 1 aromatic heterocycles. The summed E-state index contributed by atoms with van der Waals surface area (Å²) in [6, 6.07) is 6.63. The highest BCUT2D eigenvalue weighted by Gasteiger charge is 2.21. The second kappa shape index (κ2) is 3.90. The number of hydrogen-bond acceptors (Lipinski definition) is 0. The topological polar surface area (TPSA) is 15.8 Å². The van der Waals surface area contributed by atoms with E-state index >= 15 is 0 Å². The van der Waals surface area contributed by atoms with Gasteiger partial charge in [-0.25, -0.2) is 0 Å². The number of rotatable bonds is 1. The quantitative estimate of drug-likeness (QED) is 0.699. The summed E-state index contributed by atoms with van der Waals surface area (Å²) in [5.41, 5.74) is 5.68. The van der Waals surface area contributed by atoms with Gasteiger partial charge in [0.05, 0.1) is 0 Å². The number of H-pyrrole nitrogens is 1. The van der Waals surface area contributed by atoms with Crippen LogP contribution in [0.15, 0.2) is 18.2 Å². The summed E-state index contributed by atoms with van der Waals surface area (Å²) < 4.78 is 0. The maximum atomic E-state index is 3.65. The van der Waals surface area contributed by atoms with Gasteiger partial charge in [0.15, 0.2) is 0 Å². The molecule has 1 aromatic carbocycles. The minimum Gasteiger partial charge on any atom is -0.357 e. The summed E-state index contributed by atoms with van der Waals surface area (Å²) in [5.74, 6) is 0.560. The lowest BCUT2D eigenvalue weighted by Gasteiger charge is -2.18. The number of aromatic nitrogens is 1. The lowest BCUT2D eigenvalue weighted by molar-refractivity contribution is 0.570. The van der Waals surface area contributed by atoms with Gasteiger partial charge in [0.2, 0.25) is 0 Å². The van der Waals surface area contributed by atoms with E-state index in [2.05, 4.69) is 64.7 Å². The number of hydrogen-bond donors (Lipinski definition) is 1. The molecule has 0 amide bonds. The Morgan fingerprint density at radius 1 is 1.18 bits per heavy atom. The van der Waals surface area contributed by atoms with Crippen molar-refractivity contribution in [3.63, 3.8) is 0 Å². The van der Waals surface area contributed by atoms with Crippen molar-refractivity contribution in [2.45, 2.75) is 52.9 Å². The van der Waals surface area contributed by atoms with Gasteiger partial charge in [0.25, 0.3) is 0 Å². The summed E-state index contributed by atoms with van der Waals surface area (Å²) in [7, 11) is 0. The first kappa shape index (κ1) is 12.2. The summed E-state index contributed by atoms with van der Waals surface area (Å²) >= 11 is 0. The van der Waals surface area contributed by atoms with Crippen LogP contribution in [-0.4, -0.2) is 4.98 Å². The number of fused-ring (bicyclic) bond motifs is 1. The van der Waals surface area contributed by atoms with E-state index in [1.54, 1.807) is 0 Å². The number of para-hydroxylation sites is 1. The van der Waals surface area contributed by atoms with Crippen molar-refractivity contribution >= 4 is 10.9 Å². The van der Waals surface area contributed by atoms with Crippen LogP contribution in [0, 0.1) is 6.92 Å². The van der Waals surface area contributed by atoms with Gasteiger partial charge in [-0.1, -0.05) is 52.8 Å². The largest absolute Gasteiger partial charge is 0.357 e. The predicted octanol–water partition coefficient (Wildman–Crippen LogP) is 5.14. The van der Waals surface area contributed by atoms with Crippen LogP contribution in [0.1, 0.15) is 58.8 Å². The average Bonchev–Trinajstić information content (AvgIpc) is 2.55. The van der Waals surface area contributed by atoms with Crippen molar-refractivity contribution in [2.75, 3.05) is 0 Å². The standard InChI is InChI=1S/C16H23N.H2/c1-10(2)12-8-7-9-13-11(3)15(16(4,5)6)17-14(12)13;/h7-10,17H,1-6H3;1H. The van der Waals surface area contributed by atoms with E-state index in [1.165, 1.54) is 27.7 Å². The molecule has 0 saturated carbocycles. The van der Waals surface area contributed by atoms with E-state index in [0.717, 1.165) is 0 Å². The SMILES string of the molecule is Cc1c(C(C)(C)C)[nH]c2c(C(C)C)cccc12.[HH]. The number of aryl methyl sites for hydroxylation is 1. The van der Waals surface area contributed by atoms with Crippen LogP contribution in [0.5, 0.6) is 0 Å². The van der Waals surface area contributed by atoms with E-state index < -0.39 is 0 Å². The summed E-state index contributed by atoms with van der Waals surface area (Å²) in [6.07, 6.45) is 0. The van der Waals surface area contributed by atoms with Crippen LogP contribution in [-0.2, 0) is 5.41 Å². The highest BCUT2D eigenvalue weighted by atomic mass is 14.7. The second-order valence-electron chi connectivity index (χ2n) is 6.30. The first-order valence-electron chi connectivity index (χ1n) is 6.44. The van der Waals surface area contributed by atoms with E-state index in [1.807, 2.05) is 0 Å². The number of benzene rings is 1. The summed E-state index contributed by atoms with van der Waals surface area (Å²) in [5, 5.41) is 1.38. The zero-order valence-corrected chi connectivity index (χ0v) is 11.8. The lowest BCUT2D eigenvalue weighted by Crippen LogP contribution is -2.12. The van der Waals surface area contributed by atoms with Crippen LogP contribution in [0.2, 0.25) is 0 Å².